The van der Waals surface area contributed by atoms with Gasteiger partial charge in [-0.3, -0.25) is 14.9 Å². The third-order valence-corrected chi connectivity index (χ3v) is 4.72. The second-order valence-electron chi connectivity index (χ2n) is 6.39. The molecule has 156 valence electrons. The second-order valence-corrected chi connectivity index (χ2v) is 7.31. The van der Waals surface area contributed by atoms with Gasteiger partial charge in [0.15, 0.2) is 0 Å². The van der Waals surface area contributed by atoms with E-state index in [1.165, 1.54) is 24.4 Å². The van der Waals surface area contributed by atoms with Gasteiger partial charge >= 0.3 is 5.97 Å². The average molecular weight is 482 g/mol. The van der Waals surface area contributed by atoms with Crippen LogP contribution >= 0.6 is 15.9 Å². The van der Waals surface area contributed by atoms with E-state index in [-0.39, 0.29) is 17.0 Å². The zero-order valence-corrected chi connectivity index (χ0v) is 17.8. The molecule has 3 rings (SSSR count). The molecule has 0 aliphatic rings. The number of nitro groups is 1. The van der Waals surface area contributed by atoms with Crippen molar-refractivity contribution in [2.45, 2.75) is 6.92 Å². The molecular formula is C22H16BrN3O5. The summed E-state index contributed by atoms with van der Waals surface area (Å²) in [6.45, 7) is 1.81. The smallest absolute Gasteiger partial charge is 0.343 e. The number of hydrogen-bond acceptors (Lipinski definition) is 6. The number of rotatable bonds is 6. The van der Waals surface area contributed by atoms with Crippen molar-refractivity contribution in [1.82, 2.24) is 5.43 Å². The normalized spacial score (nSPS) is 10.6. The first kappa shape index (κ1) is 21.8. The molecule has 0 unspecified atom stereocenters. The fraction of sp³-hybridized carbons (Fsp3) is 0.0455. The first-order valence-corrected chi connectivity index (χ1v) is 9.79. The van der Waals surface area contributed by atoms with Gasteiger partial charge < -0.3 is 4.74 Å². The molecule has 0 fully saturated rings. The van der Waals surface area contributed by atoms with Gasteiger partial charge in [-0.15, -0.1) is 0 Å². The van der Waals surface area contributed by atoms with E-state index >= 15 is 0 Å². The lowest BCUT2D eigenvalue weighted by Gasteiger charge is -2.09. The van der Waals surface area contributed by atoms with Gasteiger partial charge in [-0.1, -0.05) is 40.2 Å². The number of nitrogens with zero attached hydrogens (tertiary/aromatic N) is 2. The number of halogens is 1. The maximum atomic E-state index is 12.5. The summed E-state index contributed by atoms with van der Waals surface area (Å²) < 4.78 is 6.23. The molecule has 0 aliphatic carbocycles. The molecule has 0 aliphatic heterocycles. The molecule has 0 saturated carbocycles. The first-order chi connectivity index (χ1) is 14.8. The van der Waals surface area contributed by atoms with Crippen LogP contribution in [-0.4, -0.2) is 23.0 Å². The number of benzene rings is 3. The van der Waals surface area contributed by atoms with Crippen LogP contribution in [0.1, 0.15) is 31.8 Å². The number of ether oxygens (including phenoxy) is 1. The van der Waals surface area contributed by atoms with Crippen LogP contribution in [0.25, 0.3) is 0 Å². The standard InChI is InChI=1S/C22H16BrN3O5/c1-14-5-2-3-8-19(14)22(28)31-20-10-9-17(23)11-16(20)13-24-25-21(27)15-6-4-7-18(12-15)26(29)30/h2-13H,1H3,(H,25,27)/b24-13+. The topological polar surface area (TPSA) is 111 Å². The first-order valence-electron chi connectivity index (χ1n) is 9.00. The number of carbonyl (C=O) groups is 2. The molecule has 3 aromatic carbocycles. The number of nitrogens with one attached hydrogen (secondary N) is 1. The zero-order valence-electron chi connectivity index (χ0n) is 16.2. The summed E-state index contributed by atoms with van der Waals surface area (Å²) in [6.07, 6.45) is 1.32. The largest absolute Gasteiger partial charge is 0.422 e. The van der Waals surface area contributed by atoms with Gasteiger partial charge in [0.1, 0.15) is 5.75 Å². The highest BCUT2D eigenvalue weighted by atomic mass is 79.9. The maximum absolute atomic E-state index is 12.5. The summed E-state index contributed by atoms with van der Waals surface area (Å²) in [4.78, 5) is 35.0. The molecule has 0 saturated heterocycles. The summed E-state index contributed by atoms with van der Waals surface area (Å²) in [5, 5.41) is 14.7. The molecule has 3 aromatic rings. The summed E-state index contributed by atoms with van der Waals surface area (Å²) >= 11 is 3.34. The average Bonchev–Trinajstić information content (AvgIpc) is 2.75. The van der Waals surface area contributed by atoms with Gasteiger partial charge in [0, 0.05) is 27.7 Å². The third-order valence-electron chi connectivity index (χ3n) is 4.23. The Hall–Kier alpha value is -3.85. The monoisotopic (exact) mass is 481 g/mol. The van der Waals surface area contributed by atoms with E-state index in [1.54, 1.807) is 30.3 Å². The minimum absolute atomic E-state index is 0.0896. The van der Waals surface area contributed by atoms with E-state index < -0.39 is 16.8 Å². The fourth-order valence-corrected chi connectivity index (χ4v) is 3.03. The van der Waals surface area contributed by atoms with Crippen LogP contribution in [0, 0.1) is 17.0 Å². The van der Waals surface area contributed by atoms with Crippen LogP contribution in [0.5, 0.6) is 5.75 Å². The molecule has 0 aromatic heterocycles. The van der Waals surface area contributed by atoms with E-state index in [2.05, 4.69) is 26.5 Å². The van der Waals surface area contributed by atoms with Gasteiger partial charge in [-0.2, -0.15) is 5.10 Å². The number of esters is 1. The predicted octanol–water partition coefficient (Wildman–Crippen LogP) is 4.65. The molecule has 31 heavy (non-hydrogen) atoms. The zero-order chi connectivity index (χ0) is 22.4. The van der Waals surface area contributed by atoms with Crippen molar-refractivity contribution < 1.29 is 19.2 Å². The van der Waals surface area contributed by atoms with Crippen LogP contribution in [0.2, 0.25) is 0 Å². The van der Waals surface area contributed by atoms with Crippen LogP contribution in [0.15, 0.2) is 76.3 Å². The number of nitro benzene ring substituents is 1. The lowest BCUT2D eigenvalue weighted by Crippen LogP contribution is -2.18. The Bertz CT molecular complexity index is 1190. The molecule has 0 bridgehead atoms. The van der Waals surface area contributed by atoms with Crippen LogP contribution in [-0.2, 0) is 0 Å². The van der Waals surface area contributed by atoms with Gasteiger partial charge in [0.25, 0.3) is 11.6 Å². The van der Waals surface area contributed by atoms with Crippen molar-refractivity contribution >= 4 is 39.7 Å². The Morgan fingerprint density at radius 3 is 2.61 bits per heavy atom. The van der Waals surface area contributed by atoms with Crippen molar-refractivity contribution in [3.05, 3.63) is 104 Å². The Kier molecular flexibility index (Phi) is 6.88. The highest BCUT2D eigenvalue weighted by molar-refractivity contribution is 9.10. The third kappa shape index (κ3) is 5.61. The summed E-state index contributed by atoms with van der Waals surface area (Å²) in [5.41, 5.74) is 3.86. The number of aryl methyl sites for hydroxylation is 1. The number of amides is 1. The van der Waals surface area contributed by atoms with E-state index in [4.69, 9.17) is 4.74 Å². The van der Waals surface area contributed by atoms with Gasteiger partial charge in [0.2, 0.25) is 0 Å². The molecule has 8 nitrogen and oxygen atoms in total. The molecule has 9 heteroatoms. The molecule has 0 heterocycles. The Labute approximate surface area is 185 Å². The SMILES string of the molecule is Cc1ccccc1C(=O)Oc1ccc(Br)cc1/C=N/NC(=O)c1cccc([N+](=O)[O-])c1. The highest BCUT2D eigenvalue weighted by Crippen LogP contribution is 2.23. The molecule has 1 amide bonds. The minimum Gasteiger partial charge on any atom is -0.422 e. The van der Waals surface area contributed by atoms with Gasteiger partial charge in [-0.05, 0) is 42.8 Å². The number of carbonyl (C=O) groups excluding carboxylic acids is 2. The molecular weight excluding hydrogens is 466 g/mol. The van der Waals surface area contributed by atoms with Crippen LogP contribution in [0.4, 0.5) is 5.69 Å². The number of hydrazone groups is 1. The lowest BCUT2D eigenvalue weighted by molar-refractivity contribution is -0.384. The van der Waals surface area contributed by atoms with Crippen molar-refractivity contribution in [3.63, 3.8) is 0 Å². The quantitative estimate of drug-likeness (QED) is 0.181. The molecule has 1 N–H and O–H groups in total. The fourth-order valence-electron chi connectivity index (χ4n) is 2.66. The van der Waals surface area contributed by atoms with Gasteiger partial charge in [-0.25, -0.2) is 10.2 Å². The van der Waals surface area contributed by atoms with E-state index in [0.29, 0.717) is 11.1 Å². The lowest BCUT2D eigenvalue weighted by atomic mass is 10.1. The summed E-state index contributed by atoms with van der Waals surface area (Å²) in [5.74, 6) is -0.881. The van der Waals surface area contributed by atoms with Crippen LogP contribution in [0.3, 0.4) is 0 Å². The van der Waals surface area contributed by atoms with Crippen LogP contribution < -0.4 is 10.2 Å². The molecule has 0 atom stereocenters. The highest BCUT2D eigenvalue weighted by Gasteiger charge is 2.14. The van der Waals surface area contributed by atoms with E-state index in [9.17, 15) is 19.7 Å². The van der Waals surface area contributed by atoms with Crippen molar-refractivity contribution in [2.75, 3.05) is 0 Å². The predicted molar refractivity (Wildman–Crippen MR) is 118 cm³/mol. The summed E-state index contributed by atoms with van der Waals surface area (Å²) in [7, 11) is 0. The summed E-state index contributed by atoms with van der Waals surface area (Å²) in [6, 6.07) is 17.3. The number of non-ortho nitro benzene ring substituents is 1. The van der Waals surface area contributed by atoms with E-state index in [0.717, 1.165) is 16.1 Å². The van der Waals surface area contributed by atoms with Crippen molar-refractivity contribution in [1.29, 1.82) is 0 Å². The molecule has 0 radical (unpaired) electrons. The van der Waals surface area contributed by atoms with Crippen molar-refractivity contribution in [3.8, 4) is 5.75 Å². The maximum Gasteiger partial charge on any atom is 0.343 e. The minimum atomic E-state index is -0.617. The van der Waals surface area contributed by atoms with Crippen molar-refractivity contribution in [2.24, 2.45) is 5.10 Å². The second kappa shape index (κ2) is 9.77. The Balaban J connectivity index is 1.76. The Morgan fingerprint density at radius 2 is 1.87 bits per heavy atom. The number of hydrogen-bond donors (Lipinski definition) is 1. The molecule has 0 spiro atoms. The Morgan fingerprint density at radius 1 is 1.10 bits per heavy atom. The van der Waals surface area contributed by atoms with Gasteiger partial charge in [0.05, 0.1) is 16.7 Å². The van der Waals surface area contributed by atoms with E-state index in [1.807, 2.05) is 19.1 Å².